The molecule has 110 valence electrons. The van der Waals surface area contributed by atoms with Crippen LogP contribution in [0.1, 0.15) is 24.3 Å². The fraction of sp³-hybridized carbons (Fsp3) is 0.294. The van der Waals surface area contributed by atoms with Crippen LogP contribution < -0.4 is 10.6 Å². The van der Waals surface area contributed by atoms with E-state index in [-0.39, 0.29) is 11.6 Å². The minimum absolute atomic E-state index is 0.208. The Kier molecular flexibility index (Phi) is 3.78. The number of anilines is 2. The van der Waals surface area contributed by atoms with Gasteiger partial charge in [-0.3, -0.25) is 0 Å². The molecule has 0 amide bonds. The fourth-order valence-corrected chi connectivity index (χ4v) is 2.97. The standard InChI is InChI=1S/C17H18F2N2/c18-14-3-1-12(2-4-14)13-7-9-21(10-8-13)17-6-5-15(20)11-16(17)19/h1-6,11,13H,7-10,20H2. The van der Waals surface area contributed by atoms with Crippen molar-refractivity contribution >= 4 is 11.4 Å². The van der Waals surface area contributed by atoms with Gasteiger partial charge in [-0.1, -0.05) is 12.1 Å². The van der Waals surface area contributed by atoms with Crippen molar-refractivity contribution in [3.05, 3.63) is 59.7 Å². The first-order valence-electron chi connectivity index (χ1n) is 7.19. The van der Waals surface area contributed by atoms with Gasteiger partial charge in [-0.2, -0.15) is 0 Å². The monoisotopic (exact) mass is 288 g/mol. The van der Waals surface area contributed by atoms with E-state index in [2.05, 4.69) is 4.90 Å². The second-order valence-electron chi connectivity index (χ2n) is 5.52. The Hall–Kier alpha value is -2.10. The Balaban J connectivity index is 1.68. The zero-order valence-electron chi connectivity index (χ0n) is 11.7. The van der Waals surface area contributed by atoms with Crippen LogP contribution in [0.3, 0.4) is 0 Å². The Morgan fingerprint density at radius 1 is 0.952 bits per heavy atom. The van der Waals surface area contributed by atoms with E-state index in [1.165, 1.54) is 18.2 Å². The van der Waals surface area contributed by atoms with Crippen LogP contribution in [-0.4, -0.2) is 13.1 Å². The molecule has 1 heterocycles. The second kappa shape index (κ2) is 5.72. The fourth-order valence-electron chi connectivity index (χ4n) is 2.97. The van der Waals surface area contributed by atoms with Gasteiger partial charge in [0.2, 0.25) is 0 Å². The van der Waals surface area contributed by atoms with E-state index in [1.807, 2.05) is 12.1 Å². The van der Waals surface area contributed by atoms with E-state index in [4.69, 9.17) is 5.73 Å². The third kappa shape index (κ3) is 2.99. The Morgan fingerprint density at radius 3 is 2.24 bits per heavy atom. The highest BCUT2D eigenvalue weighted by Gasteiger charge is 2.22. The van der Waals surface area contributed by atoms with Crippen LogP contribution >= 0.6 is 0 Å². The summed E-state index contributed by atoms with van der Waals surface area (Å²) < 4.78 is 26.9. The van der Waals surface area contributed by atoms with Crippen molar-refractivity contribution in [2.45, 2.75) is 18.8 Å². The number of hydrogen-bond donors (Lipinski definition) is 1. The highest BCUT2D eigenvalue weighted by Crippen LogP contribution is 2.32. The molecule has 0 atom stereocenters. The zero-order valence-corrected chi connectivity index (χ0v) is 11.7. The molecule has 1 fully saturated rings. The molecule has 0 aliphatic carbocycles. The van der Waals surface area contributed by atoms with Crippen molar-refractivity contribution < 1.29 is 8.78 Å². The van der Waals surface area contributed by atoms with Crippen molar-refractivity contribution in [1.82, 2.24) is 0 Å². The number of nitrogens with two attached hydrogens (primary N) is 1. The predicted molar refractivity (Wildman–Crippen MR) is 81.4 cm³/mol. The second-order valence-corrected chi connectivity index (χ2v) is 5.52. The van der Waals surface area contributed by atoms with Gasteiger partial charge in [0.25, 0.3) is 0 Å². The topological polar surface area (TPSA) is 29.3 Å². The van der Waals surface area contributed by atoms with Gasteiger partial charge in [0.15, 0.2) is 0 Å². The molecular formula is C17H18F2N2. The van der Waals surface area contributed by atoms with Gasteiger partial charge in [-0.05, 0) is 54.7 Å². The normalized spacial score (nSPS) is 16.2. The van der Waals surface area contributed by atoms with Crippen LogP contribution in [0.25, 0.3) is 0 Å². The first kappa shape index (κ1) is 13.9. The molecule has 2 nitrogen and oxygen atoms in total. The van der Waals surface area contributed by atoms with E-state index in [0.717, 1.165) is 31.5 Å². The molecule has 3 rings (SSSR count). The maximum absolute atomic E-state index is 13.9. The molecule has 1 aliphatic rings. The van der Waals surface area contributed by atoms with Crippen LogP contribution in [0.4, 0.5) is 20.2 Å². The summed E-state index contributed by atoms with van der Waals surface area (Å²) in [5, 5.41) is 0. The van der Waals surface area contributed by atoms with Crippen LogP contribution in [-0.2, 0) is 0 Å². The average molecular weight is 288 g/mol. The molecule has 0 radical (unpaired) electrons. The lowest BCUT2D eigenvalue weighted by Crippen LogP contribution is -2.33. The van der Waals surface area contributed by atoms with Crippen LogP contribution in [0.15, 0.2) is 42.5 Å². The molecule has 2 aromatic rings. The molecular weight excluding hydrogens is 270 g/mol. The van der Waals surface area contributed by atoms with Gasteiger partial charge in [-0.25, -0.2) is 8.78 Å². The van der Waals surface area contributed by atoms with Crippen molar-refractivity contribution in [3.8, 4) is 0 Å². The van der Waals surface area contributed by atoms with E-state index in [0.29, 0.717) is 17.3 Å². The lowest BCUT2D eigenvalue weighted by atomic mass is 9.89. The summed E-state index contributed by atoms with van der Waals surface area (Å²) in [5.41, 5.74) is 7.79. The molecule has 0 bridgehead atoms. The summed E-state index contributed by atoms with van der Waals surface area (Å²) >= 11 is 0. The summed E-state index contributed by atoms with van der Waals surface area (Å²) in [7, 11) is 0. The van der Waals surface area contributed by atoms with Crippen LogP contribution in [0, 0.1) is 11.6 Å². The Labute approximate surface area is 123 Å². The minimum atomic E-state index is -0.268. The van der Waals surface area contributed by atoms with Crippen molar-refractivity contribution in [1.29, 1.82) is 0 Å². The van der Waals surface area contributed by atoms with Crippen LogP contribution in [0.2, 0.25) is 0 Å². The SMILES string of the molecule is Nc1ccc(N2CCC(c3ccc(F)cc3)CC2)c(F)c1. The molecule has 0 saturated carbocycles. The number of nitrogens with zero attached hydrogens (tertiary/aromatic N) is 1. The number of halogens is 2. The van der Waals surface area contributed by atoms with E-state index < -0.39 is 0 Å². The maximum Gasteiger partial charge on any atom is 0.148 e. The molecule has 2 N–H and O–H groups in total. The Morgan fingerprint density at radius 2 is 1.62 bits per heavy atom. The average Bonchev–Trinajstić information content (AvgIpc) is 2.48. The van der Waals surface area contributed by atoms with Gasteiger partial charge >= 0.3 is 0 Å². The maximum atomic E-state index is 13.9. The Bertz CT molecular complexity index is 617. The highest BCUT2D eigenvalue weighted by molar-refractivity contribution is 5.54. The first-order chi connectivity index (χ1) is 10.1. The number of rotatable bonds is 2. The number of hydrogen-bond acceptors (Lipinski definition) is 2. The summed E-state index contributed by atoms with van der Waals surface area (Å²) in [5.74, 6) is -0.0611. The quantitative estimate of drug-likeness (QED) is 0.848. The molecule has 0 spiro atoms. The van der Waals surface area contributed by atoms with Gasteiger partial charge < -0.3 is 10.6 Å². The molecule has 0 unspecified atom stereocenters. The van der Waals surface area contributed by atoms with Gasteiger partial charge in [0.05, 0.1) is 5.69 Å². The molecule has 2 aromatic carbocycles. The third-order valence-electron chi connectivity index (χ3n) is 4.15. The van der Waals surface area contributed by atoms with Crippen molar-refractivity contribution in [3.63, 3.8) is 0 Å². The predicted octanol–water partition coefficient (Wildman–Crippen LogP) is 3.93. The summed E-state index contributed by atoms with van der Waals surface area (Å²) in [6.45, 7) is 1.59. The molecule has 0 aromatic heterocycles. The lowest BCUT2D eigenvalue weighted by Gasteiger charge is -2.34. The number of benzene rings is 2. The molecule has 1 aliphatic heterocycles. The van der Waals surface area contributed by atoms with Gasteiger partial charge in [-0.15, -0.1) is 0 Å². The zero-order chi connectivity index (χ0) is 14.8. The summed E-state index contributed by atoms with van der Waals surface area (Å²) in [6.07, 6.45) is 1.88. The van der Waals surface area contributed by atoms with E-state index in [1.54, 1.807) is 12.1 Å². The summed E-state index contributed by atoms with van der Waals surface area (Å²) in [6, 6.07) is 11.5. The minimum Gasteiger partial charge on any atom is -0.399 e. The van der Waals surface area contributed by atoms with Crippen LogP contribution in [0.5, 0.6) is 0 Å². The van der Waals surface area contributed by atoms with Gasteiger partial charge in [0.1, 0.15) is 11.6 Å². The highest BCUT2D eigenvalue weighted by atomic mass is 19.1. The summed E-state index contributed by atoms with van der Waals surface area (Å²) in [4.78, 5) is 2.05. The van der Waals surface area contributed by atoms with Crippen molar-refractivity contribution in [2.24, 2.45) is 0 Å². The number of piperidine rings is 1. The smallest absolute Gasteiger partial charge is 0.148 e. The van der Waals surface area contributed by atoms with E-state index in [9.17, 15) is 8.78 Å². The molecule has 4 heteroatoms. The van der Waals surface area contributed by atoms with E-state index >= 15 is 0 Å². The number of nitrogen functional groups attached to an aromatic ring is 1. The third-order valence-corrected chi connectivity index (χ3v) is 4.15. The first-order valence-corrected chi connectivity index (χ1v) is 7.19. The molecule has 1 saturated heterocycles. The largest absolute Gasteiger partial charge is 0.399 e. The van der Waals surface area contributed by atoms with Gasteiger partial charge in [0, 0.05) is 18.8 Å². The lowest BCUT2D eigenvalue weighted by molar-refractivity contribution is 0.496. The van der Waals surface area contributed by atoms with Crippen molar-refractivity contribution in [2.75, 3.05) is 23.7 Å². The molecule has 21 heavy (non-hydrogen) atoms.